The summed E-state index contributed by atoms with van der Waals surface area (Å²) in [7, 11) is -4.24. The van der Waals surface area contributed by atoms with Crippen molar-refractivity contribution in [2.45, 2.75) is 30.7 Å². The van der Waals surface area contributed by atoms with Crippen LogP contribution < -0.4 is 0 Å². The van der Waals surface area contributed by atoms with Crippen LogP contribution in [-0.4, -0.2) is 41.5 Å². The van der Waals surface area contributed by atoms with Crippen LogP contribution in [-0.2, 0) is 14.8 Å². The fraction of sp³-hybridized carbons (Fsp3) is 0.417. The monoisotopic (exact) mass is 303 g/mol. The van der Waals surface area contributed by atoms with Crippen molar-refractivity contribution in [1.29, 1.82) is 0 Å². The number of carboxylic acids is 1. The Kier molecular flexibility index (Phi) is 3.70. The maximum atomic E-state index is 13.6. The average Bonchev–Trinajstić information content (AvgIpc) is 2.85. The minimum atomic E-state index is -4.24. The molecule has 8 heteroatoms. The molecule has 1 aromatic carbocycles. The fourth-order valence-corrected chi connectivity index (χ4v) is 3.98. The summed E-state index contributed by atoms with van der Waals surface area (Å²) in [6, 6.07) is 1.14. The Morgan fingerprint density at radius 1 is 1.45 bits per heavy atom. The van der Waals surface area contributed by atoms with Crippen molar-refractivity contribution in [3.05, 3.63) is 23.5 Å². The van der Waals surface area contributed by atoms with E-state index < -0.39 is 38.5 Å². The third kappa shape index (κ3) is 2.25. The number of halogens is 1. The number of aryl methyl sites for hydroxylation is 1. The van der Waals surface area contributed by atoms with Crippen LogP contribution in [0.5, 0.6) is 5.75 Å². The van der Waals surface area contributed by atoms with E-state index in [1.807, 2.05) is 0 Å². The lowest BCUT2D eigenvalue weighted by atomic mass is 10.2. The smallest absolute Gasteiger partial charge is 0.322 e. The Morgan fingerprint density at radius 3 is 2.70 bits per heavy atom. The number of hydrogen-bond donors (Lipinski definition) is 2. The van der Waals surface area contributed by atoms with E-state index in [9.17, 15) is 22.7 Å². The number of carbonyl (C=O) groups is 1. The summed E-state index contributed by atoms with van der Waals surface area (Å²) in [5, 5.41) is 18.7. The summed E-state index contributed by atoms with van der Waals surface area (Å²) in [4.78, 5) is 10.5. The summed E-state index contributed by atoms with van der Waals surface area (Å²) in [6.07, 6.45) is 0.606. The van der Waals surface area contributed by atoms with E-state index in [1.165, 1.54) is 13.0 Å². The van der Waals surface area contributed by atoms with Crippen molar-refractivity contribution in [3.63, 3.8) is 0 Å². The van der Waals surface area contributed by atoms with Gasteiger partial charge in [-0.3, -0.25) is 4.79 Å². The molecule has 1 heterocycles. The first kappa shape index (κ1) is 14.7. The second-order valence-electron chi connectivity index (χ2n) is 4.66. The number of benzene rings is 1. The van der Waals surface area contributed by atoms with Gasteiger partial charge in [-0.25, -0.2) is 12.8 Å². The average molecular weight is 303 g/mol. The molecule has 0 amide bonds. The van der Waals surface area contributed by atoms with Crippen LogP contribution in [0.25, 0.3) is 0 Å². The van der Waals surface area contributed by atoms with Crippen LogP contribution >= 0.6 is 0 Å². The van der Waals surface area contributed by atoms with Crippen LogP contribution in [0.1, 0.15) is 18.4 Å². The molecule has 1 fully saturated rings. The van der Waals surface area contributed by atoms with Gasteiger partial charge in [0.15, 0.2) is 11.6 Å². The lowest BCUT2D eigenvalue weighted by Gasteiger charge is -2.21. The van der Waals surface area contributed by atoms with Crippen molar-refractivity contribution in [2.75, 3.05) is 6.54 Å². The highest BCUT2D eigenvalue weighted by atomic mass is 32.2. The van der Waals surface area contributed by atoms with E-state index in [1.54, 1.807) is 0 Å². The number of phenolic OH excluding ortho intramolecular Hbond substituents is 1. The maximum Gasteiger partial charge on any atom is 0.322 e. The molecule has 0 aliphatic carbocycles. The van der Waals surface area contributed by atoms with Gasteiger partial charge in [0.05, 0.1) is 0 Å². The number of nitrogens with zero attached hydrogens (tertiary/aromatic N) is 1. The summed E-state index contributed by atoms with van der Waals surface area (Å²) in [5.41, 5.74) is 0.109. The van der Waals surface area contributed by atoms with Crippen LogP contribution in [0.3, 0.4) is 0 Å². The first-order valence-electron chi connectivity index (χ1n) is 5.99. The molecule has 1 aliphatic rings. The summed E-state index contributed by atoms with van der Waals surface area (Å²) >= 11 is 0. The molecule has 2 N–H and O–H groups in total. The van der Waals surface area contributed by atoms with Gasteiger partial charge in [-0.15, -0.1) is 0 Å². The van der Waals surface area contributed by atoms with Gasteiger partial charge in [0.1, 0.15) is 10.9 Å². The number of carboxylic acid groups (broad SMARTS) is 1. The first-order chi connectivity index (χ1) is 9.26. The zero-order valence-electron chi connectivity index (χ0n) is 10.7. The molecule has 1 atom stereocenters. The largest absolute Gasteiger partial charge is 0.504 e. The van der Waals surface area contributed by atoms with Gasteiger partial charge in [-0.1, -0.05) is 6.07 Å². The molecule has 1 saturated heterocycles. The Balaban J connectivity index is 2.51. The molecule has 1 aliphatic heterocycles. The number of phenols is 1. The molecule has 0 radical (unpaired) electrons. The first-order valence-corrected chi connectivity index (χ1v) is 7.43. The standard InChI is InChI=1S/C12H14FNO5S/c1-7-4-5-9(11(15)10(7)13)20(18,19)14-6-2-3-8(14)12(16)17/h4-5,8,15H,2-3,6H2,1H3,(H,16,17)/t8-/m0/s1. The van der Waals surface area contributed by atoms with Crippen molar-refractivity contribution >= 4 is 16.0 Å². The summed E-state index contributed by atoms with van der Waals surface area (Å²) in [5.74, 6) is -3.24. The molecule has 0 saturated carbocycles. The molecule has 20 heavy (non-hydrogen) atoms. The molecular weight excluding hydrogens is 289 g/mol. The highest BCUT2D eigenvalue weighted by molar-refractivity contribution is 7.89. The Hall–Kier alpha value is -1.67. The molecular formula is C12H14FNO5S. The molecule has 2 rings (SSSR count). The van der Waals surface area contributed by atoms with Crippen LogP contribution in [0.2, 0.25) is 0 Å². The van der Waals surface area contributed by atoms with Gasteiger partial charge >= 0.3 is 5.97 Å². The predicted octanol–water partition coefficient (Wildman–Crippen LogP) is 1.08. The van der Waals surface area contributed by atoms with Crippen LogP contribution in [0.15, 0.2) is 17.0 Å². The molecule has 6 nitrogen and oxygen atoms in total. The summed E-state index contributed by atoms with van der Waals surface area (Å²) < 4.78 is 39.1. The SMILES string of the molecule is Cc1ccc(S(=O)(=O)N2CCC[C@H]2C(=O)O)c(O)c1F. The molecule has 0 bridgehead atoms. The van der Waals surface area contributed by atoms with Crippen molar-refractivity contribution in [3.8, 4) is 5.75 Å². The van der Waals surface area contributed by atoms with E-state index in [0.29, 0.717) is 6.42 Å². The highest BCUT2D eigenvalue weighted by Crippen LogP contribution is 2.33. The third-order valence-corrected chi connectivity index (χ3v) is 5.29. The number of hydrogen-bond acceptors (Lipinski definition) is 4. The van der Waals surface area contributed by atoms with E-state index in [-0.39, 0.29) is 18.5 Å². The van der Waals surface area contributed by atoms with Crippen molar-refractivity contribution < 1.29 is 27.8 Å². The number of rotatable bonds is 3. The lowest BCUT2D eigenvalue weighted by Crippen LogP contribution is -2.40. The maximum absolute atomic E-state index is 13.6. The van der Waals surface area contributed by atoms with Gasteiger partial charge in [-0.05, 0) is 31.4 Å². The molecule has 1 aromatic rings. The molecule has 0 spiro atoms. The predicted molar refractivity (Wildman–Crippen MR) is 67.4 cm³/mol. The Morgan fingerprint density at radius 2 is 2.10 bits per heavy atom. The second-order valence-corrected chi connectivity index (χ2v) is 6.51. The van der Waals surface area contributed by atoms with E-state index in [2.05, 4.69) is 0 Å². The zero-order chi connectivity index (χ0) is 15.1. The molecule has 0 unspecified atom stereocenters. The topological polar surface area (TPSA) is 94.9 Å². The number of sulfonamides is 1. The van der Waals surface area contributed by atoms with Crippen molar-refractivity contribution in [1.82, 2.24) is 4.31 Å². The fourth-order valence-electron chi connectivity index (χ4n) is 2.26. The van der Waals surface area contributed by atoms with Gasteiger partial charge < -0.3 is 10.2 Å². The minimum absolute atomic E-state index is 0.0359. The van der Waals surface area contributed by atoms with Gasteiger partial charge in [0, 0.05) is 6.54 Å². The van der Waals surface area contributed by atoms with Crippen LogP contribution in [0.4, 0.5) is 4.39 Å². The molecule has 110 valence electrons. The highest BCUT2D eigenvalue weighted by Gasteiger charge is 2.40. The van der Waals surface area contributed by atoms with E-state index in [4.69, 9.17) is 5.11 Å². The van der Waals surface area contributed by atoms with Gasteiger partial charge in [-0.2, -0.15) is 4.31 Å². The van der Waals surface area contributed by atoms with E-state index >= 15 is 0 Å². The quantitative estimate of drug-likeness (QED) is 0.871. The van der Waals surface area contributed by atoms with E-state index in [0.717, 1.165) is 10.4 Å². The van der Waals surface area contributed by atoms with Gasteiger partial charge in [0.25, 0.3) is 0 Å². The second kappa shape index (κ2) is 5.02. The van der Waals surface area contributed by atoms with Crippen LogP contribution in [0, 0.1) is 12.7 Å². The van der Waals surface area contributed by atoms with Gasteiger partial charge in [0.2, 0.25) is 10.0 Å². The molecule has 0 aromatic heterocycles. The normalized spacial score (nSPS) is 20.2. The third-order valence-electron chi connectivity index (χ3n) is 3.35. The Labute approximate surface area is 115 Å². The minimum Gasteiger partial charge on any atom is -0.504 e. The lowest BCUT2D eigenvalue weighted by molar-refractivity contribution is -0.140. The Bertz CT molecular complexity index is 658. The summed E-state index contributed by atoms with van der Waals surface area (Å²) in [6.45, 7) is 1.43. The van der Waals surface area contributed by atoms with Crippen molar-refractivity contribution in [2.24, 2.45) is 0 Å². The number of aliphatic carboxylic acids is 1. The zero-order valence-corrected chi connectivity index (χ0v) is 11.5. The number of aromatic hydroxyl groups is 1.